The van der Waals surface area contributed by atoms with E-state index in [1.54, 1.807) is 13.1 Å². The van der Waals surface area contributed by atoms with Gasteiger partial charge in [-0.15, -0.1) is 0 Å². The van der Waals surface area contributed by atoms with Crippen molar-refractivity contribution in [2.75, 3.05) is 7.05 Å². The molecule has 3 aromatic heterocycles. The van der Waals surface area contributed by atoms with Crippen molar-refractivity contribution in [3.8, 4) is 17.0 Å². The molecule has 7 nitrogen and oxygen atoms in total. The van der Waals surface area contributed by atoms with Crippen LogP contribution in [-0.4, -0.2) is 29.4 Å². The number of aromatic nitrogens is 3. The van der Waals surface area contributed by atoms with Crippen LogP contribution in [0.1, 0.15) is 11.3 Å². The molecule has 0 aliphatic rings. The van der Waals surface area contributed by atoms with Crippen LogP contribution in [0, 0.1) is 11.6 Å². The first-order valence-corrected chi connectivity index (χ1v) is 11.4. The minimum absolute atomic E-state index is 0.0180. The van der Waals surface area contributed by atoms with Gasteiger partial charge in [0.15, 0.2) is 0 Å². The molecule has 0 atom stereocenters. The third kappa shape index (κ3) is 4.76. The summed E-state index contributed by atoms with van der Waals surface area (Å²) in [5.41, 5.74) is 0.977. The molecule has 4 rings (SSSR count). The summed E-state index contributed by atoms with van der Waals surface area (Å²) in [6.45, 7) is 0.213. The van der Waals surface area contributed by atoms with E-state index in [0.29, 0.717) is 12.1 Å². The van der Waals surface area contributed by atoms with Crippen molar-refractivity contribution < 1.29 is 21.9 Å². The highest BCUT2D eigenvalue weighted by atomic mass is 32.2. The lowest BCUT2D eigenvalue weighted by atomic mass is 10.1. The number of ether oxygens (including phenoxy) is 1. The quantitative estimate of drug-likeness (QED) is 0.422. The molecule has 0 saturated carbocycles. The highest BCUT2D eigenvalue weighted by molar-refractivity contribution is 7.90. The maximum atomic E-state index is 15.1. The Kier molecular flexibility index (Phi) is 6.47. The van der Waals surface area contributed by atoms with Crippen LogP contribution >= 0.6 is 0 Å². The van der Waals surface area contributed by atoms with E-state index in [-0.39, 0.29) is 34.2 Å². The van der Waals surface area contributed by atoms with Crippen LogP contribution in [-0.2, 0) is 23.2 Å². The lowest BCUT2D eigenvalue weighted by Crippen LogP contribution is -2.14. The van der Waals surface area contributed by atoms with Crippen LogP contribution in [0.5, 0.6) is 5.75 Å². The third-order valence-electron chi connectivity index (χ3n) is 4.84. The van der Waals surface area contributed by atoms with E-state index in [0.717, 1.165) is 10.0 Å². The summed E-state index contributed by atoms with van der Waals surface area (Å²) in [5.74, 6) is -1.05. The molecule has 0 radical (unpaired) electrons. The molecule has 170 valence electrons. The molecule has 0 aliphatic carbocycles. The molecule has 0 fully saturated rings. The summed E-state index contributed by atoms with van der Waals surface area (Å²) < 4.78 is 61.8. The number of rotatable bonds is 8. The van der Waals surface area contributed by atoms with Gasteiger partial charge in [0.2, 0.25) is 0 Å². The molecule has 0 spiro atoms. The van der Waals surface area contributed by atoms with Gasteiger partial charge in [-0.1, -0.05) is 0 Å². The molecular weight excluding hydrogens is 450 g/mol. The molecule has 0 saturated heterocycles. The Bertz CT molecular complexity index is 1380. The molecule has 0 unspecified atom stereocenters. The topological polar surface area (TPSA) is 86.1 Å². The number of nitrogens with zero attached hydrogens (tertiary/aromatic N) is 3. The Balaban J connectivity index is 1.69. The number of nitrogens with one attached hydrogen (secondary N) is 1. The number of hydrogen-bond acceptors (Lipinski definition) is 6. The molecule has 0 bridgehead atoms. The van der Waals surface area contributed by atoms with Crippen molar-refractivity contribution in [3.63, 3.8) is 0 Å². The lowest BCUT2D eigenvalue weighted by Gasteiger charge is -2.12. The second-order valence-corrected chi connectivity index (χ2v) is 8.93. The second-order valence-electron chi connectivity index (χ2n) is 7.12. The summed E-state index contributed by atoms with van der Waals surface area (Å²) >= 11 is 0. The fourth-order valence-corrected chi connectivity index (χ4v) is 4.63. The largest absolute Gasteiger partial charge is 0.487 e. The van der Waals surface area contributed by atoms with Gasteiger partial charge in [-0.25, -0.2) is 21.2 Å². The molecule has 33 heavy (non-hydrogen) atoms. The van der Waals surface area contributed by atoms with Gasteiger partial charge in [0.1, 0.15) is 34.6 Å². The Morgan fingerprint density at radius 3 is 2.58 bits per heavy atom. The highest BCUT2D eigenvalue weighted by Gasteiger charge is 2.23. The summed E-state index contributed by atoms with van der Waals surface area (Å²) in [4.78, 5) is 7.75. The maximum Gasteiger partial charge on any atom is 0.269 e. The van der Waals surface area contributed by atoms with Crippen LogP contribution < -0.4 is 10.1 Å². The van der Waals surface area contributed by atoms with Crippen LogP contribution in [0.25, 0.3) is 11.3 Å². The Labute approximate surface area is 189 Å². The van der Waals surface area contributed by atoms with E-state index in [1.165, 1.54) is 61.2 Å². The molecule has 4 aromatic rings. The molecular formula is C23H20F2N4O3S. The summed E-state index contributed by atoms with van der Waals surface area (Å²) in [5, 5.41) is 2.96. The fraction of sp³-hybridized carbons (Fsp3) is 0.130. The number of halogens is 2. The predicted molar refractivity (Wildman–Crippen MR) is 118 cm³/mol. The monoisotopic (exact) mass is 470 g/mol. The summed E-state index contributed by atoms with van der Waals surface area (Å²) in [7, 11) is -2.29. The Morgan fingerprint density at radius 1 is 1.06 bits per heavy atom. The van der Waals surface area contributed by atoms with Crippen molar-refractivity contribution in [2.45, 2.75) is 18.0 Å². The molecule has 1 aromatic carbocycles. The van der Waals surface area contributed by atoms with Gasteiger partial charge in [0, 0.05) is 43.0 Å². The van der Waals surface area contributed by atoms with Crippen LogP contribution in [0.2, 0.25) is 0 Å². The SMILES string of the molecule is CNCc1cc(-c2ccc(OCc3ncccc3F)cc2F)n(S(=O)(=O)c2cccnc2)c1. The van der Waals surface area contributed by atoms with E-state index in [4.69, 9.17) is 4.74 Å². The Morgan fingerprint density at radius 2 is 1.88 bits per heavy atom. The third-order valence-corrected chi connectivity index (χ3v) is 6.50. The highest BCUT2D eigenvalue weighted by Crippen LogP contribution is 2.31. The van der Waals surface area contributed by atoms with Crippen molar-refractivity contribution >= 4 is 10.0 Å². The summed E-state index contributed by atoms with van der Waals surface area (Å²) in [6.07, 6.45) is 5.59. The first kappa shape index (κ1) is 22.6. The molecule has 1 N–H and O–H groups in total. The first-order valence-electron chi connectivity index (χ1n) is 9.93. The zero-order valence-corrected chi connectivity index (χ0v) is 18.4. The number of benzene rings is 1. The van der Waals surface area contributed by atoms with Crippen molar-refractivity contribution in [3.05, 3.63) is 96.2 Å². The van der Waals surface area contributed by atoms with Gasteiger partial charge in [0.25, 0.3) is 10.0 Å². The smallest absolute Gasteiger partial charge is 0.269 e. The van der Waals surface area contributed by atoms with E-state index < -0.39 is 21.7 Å². The molecule has 0 aliphatic heterocycles. The molecule has 10 heteroatoms. The minimum atomic E-state index is -4.01. The first-order chi connectivity index (χ1) is 15.9. The van der Waals surface area contributed by atoms with E-state index in [9.17, 15) is 12.8 Å². The van der Waals surface area contributed by atoms with Gasteiger partial charge >= 0.3 is 0 Å². The van der Waals surface area contributed by atoms with Gasteiger partial charge in [-0.3, -0.25) is 9.97 Å². The van der Waals surface area contributed by atoms with E-state index >= 15 is 4.39 Å². The summed E-state index contributed by atoms with van der Waals surface area (Å²) in [6, 6.07) is 11.3. The van der Waals surface area contributed by atoms with Gasteiger partial charge < -0.3 is 10.1 Å². The number of pyridine rings is 2. The standard InChI is InChI=1S/C23H20F2N4O3S/c1-26-12-16-10-23(29(14-16)33(30,31)18-4-2-8-27-13-18)19-7-6-17(11-21(19)25)32-15-22-20(24)5-3-9-28-22/h2-11,13-14,26H,12,15H2,1H3. The van der Waals surface area contributed by atoms with Gasteiger partial charge in [-0.05, 0) is 55.1 Å². The van der Waals surface area contributed by atoms with Gasteiger partial charge in [0.05, 0.1) is 5.69 Å². The zero-order chi connectivity index (χ0) is 23.4. The zero-order valence-electron chi connectivity index (χ0n) is 17.6. The lowest BCUT2D eigenvalue weighted by molar-refractivity contribution is 0.293. The minimum Gasteiger partial charge on any atom is -0.487 e. The van der Waals surface area contributed by atoms with Crippen molar-refractivity contribution in [1.82, 2.24) is 19.3 Å². The van der Waals surface area contributed by atoms with Crippen molar-refractivity contribution in [2.24, 2.45) is 0 Å². The normalized spacial score (nSPS) is 11.5. The van der Waals surface area contributed by atoms with Gasteiger partial charge in [-0.2, -0.15) is 0 Å². The molecule has 3 heterocycles. The Hall–Kier alpha value is -3.63. The maximum absolute atomic E-state index is 15.1. The van der Waals surface area contributed by atoms with E-state index in [1.807, 2.05) is 0 Å². The second kappa shape index (κ2) is 9.47. The van der Waals surface area contributed by atoms with Crippen molar-refractivity contribution in [1.29, 1.82) is 0 Å². The fourth-order valence-electron chi connectivity index (χ4n) is 3.28. The van der Waals surface area contributed by atoms with Crippen LogP contribution in [0.15, 0.2) is 78.2 Å². The predicted octanol–water partition coefficient (Wildman–Crippen LogP) is 3.76. The van der Waals surface area contributed by atoms with Crippen LogP contribution in [0.4, 0.5) is 8.78 Å². The number of hydrogen-bond donors (Lipinski definition) is 1. The molecule has 0 amide bonds. The van der Waals surface area contributed by atoms with E-state index in [2.05, 4.69) is 15.3 Å². The van der Waals surface area contributed by atoms with Crippen LogP contribution in [0.3, 0.4) is 0 Å². The average Bonchev–Trinajstić information content (AvgIpc) is 3.24. The average molecular weight is 471 g/mol.